The number of phenols is 1. The van der Waals surface area contributed by atoms with Crippen molar-refractivity contribution in [3.63, 3.8) is 0 Å². The number of carbonyl (C=O) groups excluding carboxylic acids is 2. The van der Waals surface area contributed by atoms with Gasteiger partial charge in [0.1, 0.15) is 18.4 Å². The molecule has 7 heteroatoms. The summed E-state index contributed by atoms with van der Waals surface area (Å²) in [6.45, 7) is 1.12. The number of esters is 1. The van der Waals surface area contributed by atoms with Crippen LogP contribution in [0.15, 0.2) is 91.0 Å². The molecular formula is C31H28NO6-. The summed E-state index contributed by atoms with van der Waals surface area (Å²) in [5.41, 5.74) is 3.27. The van der Waals surface area contributed by atoms with Crippen molar-refractivity contribution in [3.05, 3.63) is 113 Å². The van der Waals surface area contributed by atoms with Crippen LogP contribution in [-0.2, 0) is 22.7 Å². The maximum atomic E-state index is 12.3. The molecule has 1 fully saturated rings. The van der Waals surface area contributed by atoms with Crippen molar-refractivity contribution in [2.45, 2.75) is 31.7 Å². The minimum absolute atomic E-state index is 0.0136. The summed E-state index contributed by atoms with van der Waals surface area (Å²) in [6.07, 6.45) is -0.897. The van der Waals surface area contributed by atoms with Gasteiger partial charge in [-0.25, -0.2) is 4.79 Å². The molecule has 1 N–H and O–H groups in total. The molecule has 2 unspecified atom stereocenters. The minimum Gasteiger partial charge on any atom is -0.530 e. The molecule has 1 aliphatic rings. The molecule has 7 nitrogen and oxygen atoms in total. The molecule has 1 amide bonds. The fraction of sp³-hybridized carbons (Fsp3) is 0.226. The summed E-state index contributed by atoms with van der Waals surface area (Å²) in [5.74, 6) is -0.368. The van der Waals surface area contributed by atoms with Crippen molar-refractivity contribution >= 4 is 22.8 Å². The maximum Gasteiger partial charge on any atom is 0.338 e. The number of rotatable bonds is 7. The van der Waals surface area contributed by atoms with Gasteiger partial charge >= 0.3 is 5.97 Å². The molecule has 4 aromatic rings. The predicted octanol–water partition coefficient (Wildman–Crippen LogP) is 4.62. The normalized spacial score (nSPS) is 17.3. The van der Waals surface area contributed by atoms with Crippen LogP contribution in [0.2, 0.25) is 0 Å². The number of nitrogens with zero attached hydrogens (tertiary/aromatic N) is 1. The number of carbonyl (C=O) groups is 2. The van der Waals surface area contributed by atoms with Crippen LogP contribution in [0.4, 0.5) is 4.79 Å². The van der Waals surface area contributed by atoms with Crippen LogP contribution < -0.4 is 5.11 Å². The molecule has 194 valence electrons. The number of likely N-dealkylation sites (tertiary alicyclic amines) is 1. The van der Waals surface area contributed by atoms with E-state index in [0.29, 0.717) is 25.1 Å². The number of aromatic hydroxyl groups is 1. The SMILES string of the molecule is O=C(OCc1ccc(C2CCN(C(=O)[O-])CC2OCc2ccc3ccccc3c2)cc1)c1ccc(O)cc1. The Bertz CT molecular complexity index is 1420. The van der Waals surface area contributed by atoms with E-state index in [0.717, 1.165) is 27.5 Å². The summed E-state index contributed by atoms with van der Waals surface area (Å²) in [6, 6.07) is 28.0. The zero-order valence-electron chi connectivity index (χ0n) is 20.8. The standard InChI is InChI=1S/C31H29NO6/c33-27-13-11-25(12-14-27)30(34)38-19-21-5-9-24(10-6-21)28-15-16-32(31(35)36)18-29(28)37-20-22-7-8-23-3-1-2-4-26(23)17-22/h1-14,17,28-29,33H,15-16,18-20H2,(H,35,36)/p-1. The van der Waals surface area contributed by atoms with E-state index in [1.807, 2.05) is 42.5 Å². The van der Waals surface area contributed by atoms with Crippen LogP contribution in [0, 0.1) is 0 Å². The van der Waals surface area contributed by atoms with Crippen molar-refractivity contribution in [1.82, 2.24) is 4.90 Å². The summed E-state index contributed by atoms with van der Waals surface area (Å²) >= 11 is 0. The molecule has 0 spiro atoms. The van der Waals surface area contributed by atoms with Crippen molar-refractivity contribution in [1.29, 1.82) is 0 Å². The average molecular weight is 511 g/mol. The Kier molecular flexibility index (Phi) is 7.56. The predicted molar refractivity (Wildman–Crippen MR) is 141 cm³/mol. The van der Waals surface area contributed by atoms with E-state index in [-0.39, 0.29) is 30.9 Å². The Morgan fingerprint density at radius 3 is 2.32 bits per heavy atom. The van der Waals surface area contributed by atoms with Gasteiger partial charge in [0, 0.05) is 19.0 Å². The van der Waals surface area contributed by atoms with Crippen LogP contribution in [0.25, 0.3) is 10.8 Å². The quantitative estimate of drug-likeness (QED) is 0.364. The van der Waals surface area contributed by atoms with E-state index < -0.39 is 12.1 Å². The molecule has 2 atom stereocenters. The first kappa shape index (κ1) is 25.3. The number of hydrogen-bond acceptors (Lipinski definition) is 6. The van der Waals surface area contributed by atoms with Crippen LogP contribution in [0.3, 0.4) is 0 Å². The van der Waals surface area contributed by atoms with Crippen molar-refractivity contribution in [2.24, 2.45) is 0 Å². The second-order valence-corrected chi connectivity index (χ2v) is 9.50. The Labute approximate surface area is 220 Å². The fourth-order valence-electron chi connectivity index (χ4n) is 4.86. The van der Waals surface area contributed by atoms with Crippen LogP contribution >= 0.6 is 0 Å². The van der Waals surface area contributed by atoms with E-state index in [4.69, 9.17) is 9.47 Å². The number of fused-ring (bicyclic) bond motifs is 1. The van der Waals surface area contributed by atoms with Gasteiger partial charge in [-0.05, 0) is 64.2 Å². The van der Waals surface area contributed by atoms with Gasteiger partial charge in [0.05, 0.1) is 18.3 Å². The number of benzene rings is 4. The van der Waals surface area contributed by atoms with Crippen LogP contribution in [0.1, 0.15) is 39.4 Å². The highest BCUT2D eigenvalue weighted by Gasteiger charge is 2.31. The smallest absolute Gasteiger partial charge is 0.338 e. The van der Waals surface area contributed by atoms with Gasteiger partial charge in [-0.1, -0.05) is 60.7 Å². The van der Waals surface area contributed by atoms with Gasteiger partial charge in [0.2, 0.25) is 0 Å². The number of ether oxygens (including phenoxy) is 2. The van der Waals surface area contributed by atoms with E-state index in [9.17, 15) is 19.8 Å². The van der Waals surface area contributed by atoms with Gasteiger partial charge in [-0.15, -0.1) is 0 Å². The summed E-state index contributed by atoms with van der Waals surface area (Å²) in [4.78, 5) is 25.1. The zero-order valence-corrected chi connectivity index (χ0v) is 20.8. The number of phenolic OH excluding ortho intramolecular Hbond substituents is 1. The molecule has 38 heavy (non-hydrogen) atoms. The molecule has 5 rings (SSSR count). The lowest BCUT2D eigenvalue weighted by Gasteiger charge is -2.40. The summed E-state index contributed by atoms with van der Waals surface area (Å²) < 4.78 is 11.7. The number of carboxylic acid groups (broad SMARTS) is 1. The minimum atomic E-state index is -1.19. The monoisotopic (exact) mass is 510 g/mol. The van der Waals surface area contributed by atoms with Crippen molar-refractivity contribution < 1.29 is 29.3 Å². The number of amides is 1. The summed E-state index contributed by atoms with van der Waals surface area (Å²) in [7, 11) is 0. The molecule has 0 radical (unpaired) electrons. The number of hydrogen-bond donors (Lipinski definition) is 1. The molecule has 0 bridgehead atoms. The molecule has 0 aromatic heterocycles. The first-order valence-electron chi connectivity index (χ1n) is 12.6. The van der Waals surface area contributed by atoms with Gasteiger partial charge in [-0.2, -0.15) is 0 Å². The van der Waals surface area contributed by atoms with Crippen molar-refractivity contribution in [2.75, 3.05) is 13.1 Å². The van der Waals surface area contributed by atoms with Crippen LogP contribution in [-0.4, -0.2) is 41.3 Å². The lowest BCUT2D eigenvalue weighted by atomic mass is 9.86. The maximum absolute atomic E-state index is 12.3. The van der Waals surface area contributed by atoms with Gasteiger partial charge in [0.25, 0.3) is 0 Å². The largest absolute Gasteiger partial charge is 0.530 e. The second kappa shape index (κ2) is 11.4. The fourth-order valence-corrected chi connectivity index (χ4v) is 4.86. The van der Waals surface area contributed by atoms with E-state index in [1.54, 1.807) is 0 Å². The third kappa shape index (κ3) is 5.95. The topological polar surface area (TPSA) is 99.1 Å². The molecule has 1 heterocycles. The molecule has 0 aliphatic carbocycles. The molecule has 1 saturated heterocycles. The van der Waals surface area contributed by atoms with Crippen molar-refractivity contribution in [3.8, 4) is 5.75 Å². The Morgan fingerprint density at radius 1 is 0.868 bits per heavy atom. The second-order valence-electron chi connectivity index (χ2n) is 9.50. The average Bonchev–Trinajstić information content (AvgIpc) is 2.95. The highest BCUT2D eigenvalue weighted by atomic mass is 16.5. The van der Waals surface area contributed by atoms with Gasteiger partial charge < -0.3 is 29.4 Å². The van der Waals surface area contributed by atoms with E-state index in [2.05, 4.69) is 24.3 Å². The van der Waals surface area contributed by atoms with Crippen LogP contribution in [0.5, 0.6) is 5.75 Å². The zero-order chi connectivity index (χ0) is 26.5. The lowest BCUT2D eigenvalue weighted by molar-refractivity contribution is -0.268. The van der Waals surface area contributed by atoms with E-state index >= 15 is 0 Å². The Morgan fingerprint density at radius 2 is 1.58 bits per heavy atom. The molecule has 4 aromatic carbocycles. The Hall–Kier alpha value is -4.36. The third-order valence-corrected chi connectivity index (χ3v) is 6.98. The van der Waals surface area contributed by atoms with Gasteiger partial charge in [0.15, 0.2) is 0 Å². The first-order valence-corrected chi connectivity index (χ1v) is 12.6. The third-order valence-electron chi connectivity index (χ3n) is 6.98. The Balaban J connectivity index is 1.25. The molecule has 0 saturated carbocycles. The highest BCUT2D eigenvalue weighted by molar-refractivity contribution is 5.89. The lowest BCUT2D eigenvalue weighted by Crippen LogP contribution is -2.51. The first-order chi connectivity index (χ1) is 18.5. The summed E-state index contributed by atoms with van der Waals surface area (Å²) in [5, 5.41) is 23.2. The van der Waals surface area contributed by atoms with Gasteiger partial charge in [-0.3, -0.25) is 0 Å². The molecule has 1 aliphatic heterocycles. The highest BCUT2D eigenvalue weighted by Crippen LogP contribution is 2.31. The van der Waals surface area contributed by atoms with E-state index in [1.165, 1.54) is 29.2 Å². The number of piperidine rings is 1. The molecular weight excluding hydrogens is 482 g/mol.